The van der Waals surface area contributed by atoms with E-state index in [9.17, 15) is 5.26 Å². The highest BCUT2D eigenvalue weighted by molar-refractivity contribution is 7.99. The molecule has 98 valence electrons. The highest BCUT2D eigenvalue weighted by atomic mass is 32.2. The second-order valence-electron chi connectivity index (χ2n) is 5.20. The Labute approximate surface area is 112 Å². The lowest BCUT2D eigenvalue weighted by atomic mass is 9.98. The van der Waals surface area contributed by atoms with E-state index in [0.717, 1.165) is 17.4 Å². The molecule has 1 saturated carbocycles. The van der Waals surface area contributed by atoms with Gasteiger partial charge in [-0.2, -0.15) is 5.26 Å². The topological polar surface area (TPSA) is 77.4 Å². The molecule has 0 aliphatic heterocycles. The summed E-state index contributed by atoms with van der Waals surface area (Å²) in [5, 5.41) is 20.7. The monoisotopic (exact) mass is 265 g/mol. The van der Waals surface area contributed by atoms with Crippen LogP contribution in [0.4, 0.5) is 0 Å². The predicted octanol–water partition coefficient (Wildman–Crippen LogP) is 2.02. The van der Waals surface area contributed by atoms with E-state index in [1.54, 1.807) is 11.8 Å². The standard InChI is InChI=1S/C12H19N5S/c1-8(18-11-14-9(2)16-17-11)6-12(3,7-13)15-10-4-5-10/h8,10,15H,4-6H2,1-3H3,(H,14,16,17). The summed E-state index contributed by atoms with van der Waals surface area (Å²) in [7, 11) is 0. The third kappa shape index (κ3) is 3.72. The average molecular weight is 265 g/mol. The van der Waals surface area contributed by atoms with E-state index in [1.807, 2.05) is 13.8 Å². The minimum Gasteiger partial charge on any atom is -0.297 e. The van der Waals surface area contributed by atoms with Crippen molar-refractivity contribution < 1.29 is 0 Å². The van der Waals surface area contributed by atoms with Gasteiger partial charge in [-0.05, 0) is 33.1 Å². The molecule has 5 nitrogen and oxygen atoms in total. The molecule has 0 aromatic carbocycles. The van der Waals surface area contributed by atoms with Gasteiger partial charge in [-0.15, -0.1) is 5.10 Å². The van der Waals surface area contributed by atoms with Gasteiger partial charge >= 0.3 is 0 Å². The Morgan fingerprint density at radius 1 is 1.67 bits per heavy atom. The van der Waals surface area contributed by atoms with E-state index in [-0.39, 0.29) is 0 Å². The molecule has 0 saturated heterocycles. The fourth-order valence-corrected chi connectivity index (χ4v) is 3.05. The number of aromatic nitrogens is 3. The molecular formula is C12H19N5S. The van der Waals surface area contributed by atoms with E-state index >= 15 is 0 Å². The van der Waals surface area contributed by atoms with Gasteiger partial charge in [-0.25, -0.2) is 4.98 Å². The largest absolute Gasteiger partial charge is 0.297 e. The minimum absolute atomic E-state index is 0.302. The molecule has 2 rings (SSSR count). The van der Waals surface area contributed by atoms with Gasteiger partial charge in [0.25, 0.3) is 0 Å². The number of aromatic amines is 1. The summed E-state index contributed by atoms with van der Waals surface area (Å²) in [6.07, 6.45) is 3.18. The first kappa shape index (κ1) is 13.4. The molecular weight excluding hydrogens is 246 g/mol. The van der Waals surface area contributed by atoms with Gasteiger partial charge in [0.05, 0.1) is 6.07 Å². The SMILES string of the molecule is Cc1nc(SC(C)CC(C)(C#N)NC2CC2)n[nH]1. The van der Waals surface area contributed by atoms with Crippen LogP contribution in [0.3, 0.4) is 0 Å². The van der Waals surface area contributed by atoms with Crippen molar-refractivity contribution in [1.82, 2.24) is 20.5 Å². The number of hydrogen-bond acceptors (Lipinski definition) is 5. The highest BCUT2D eigenvalue weighted by Gasteiger charge is 2.34. The Kier molecular flexibility index (Phi) is 3.93. The summed E-state index contributed by atoms with van der Waals surface area (Å²) in [5.41, 5.74) is -0.446. The van der Waals surface area contributed by atoms with Crippen molar-refractivity contribution in [1.29, 1.82) is 5.26 Å². The van der Waals surface area contributed by atoms with Crippen LogP contribution in [0.2, 0.25) is 0 Å². The molecule has 0 bridgehead atoms. The zero-order valence-corrected chi connectivity index (χ0v) is 11.8. The molecule has 2 N–H and O–H groups in total. The summed E-state index contributed by atoms with van der Waals surface area (Å²) in [4.78, 5) is 4.27. The number of hydrogen-bond donors (Lipinski definition) is 2. The summed E-state index contributed by atoms with van der Waals surface area (Å²) in [5.74, 6) is 0.823. The fraction of sp³-hybridized carbons (Fsp3) is 0.750. The van der Waals surface area contributed by atoms with E-state index in [1.165, 1.54) is 12.8 Å². The molecule has 2 atom stereocenters. The Balaban J connectivity index is 1.88. The molecule has 1 aromatic rings. The normalized spacial score (nSPS) is 20.1. The summed E-state index contributed by atoms with van der Waals surface area (Å²) >= 11 is 1.61. The number of H-pyrrole nitrogens is 1. The Hall–Kier alpha value is -1.06. The van der Waals surface area contributed by atoms with Crippen molar-refractivity contribution in [3.8, 4) is 6.07 Å². The van der Waals surface area contributed by atoms with Crippen LogP contribution in [0.25, 0.3) is 0 Å². The number of nitrogens with zero attached hydrogens (tertiary/aromatic N) is 3. The van der Waals surface area contributed by atoms with Gasteiger partial charge in [0, 0.05) is 11.3 Å². The van der Waals surface area contributed by atoms with E-state index in [4.69, 9.17) is 0 Å². The first-order valence-corrected chi connectivity index (χ1v) is 7.13. The number of nitriles is 1. The van der Waals surface area contributed by atoms with Crippen LogP contribution in [-0.2, 0) is 0 Å². The Morgan fingerprint density at radius 3 is 2.89 bits per heavy atom. The number of rotatable bonds is 6. The molecule has 1 heterocycles. The molecule has 1 aliphatic carbocycles. The molecule has 0 radical (unpaired) electrons. The molecule has 1 fully saturated rings. The second-order valence-corrected chi connectivity index (χ2v) is 6.60. The van der Waals surface area contributed by atoms with Crippen LogP contribution in [0.15, 0.2) is 5.16 Å². The quantitative estimate of drug-likeness (QED) is 0.769. The third-order valence-corrected chi connectivity index (χ3v) is 3.89. The van der Waals surface area contributed by atoms with Crippen molar-refractivity contribution in [2.75, 3.05) is 0 Å². The van der Waals surface area contributed by atoms with Crippen LogP contribution in [0, 0.1) is 18.3 Å². The van der Waals surface area contributed by atoms with Crippen LogP contribution < -0.4 is 5.32 Å². The van der Waals surface area contributed by atoms with Crippen molar-refractivity contribution in [3.05, 3.63) is 5.82 Å². The van der Waals surface area contributed by atoms with Gasteiger partial charge in [0.15, 0.2) is 0 Å². The molecule has 2 unspecified atom stereocenters. The predicted molar refractivity (Wildman–Crippen MR) is 71.2 cm³/mol. The van der Waals surface area contributed by atoms with Crippen LogP contribution in [-0.4, -0.2) is 32.0 Å². The third-order valence-electron chi connectivity index (χ3n) is 2.93. The van der Waals surface area contributed by atoms with Crippen LogP contribution in [0.5, 0.6) is 0 Å². The Bertz CT molecular complexity index is 448. The van der Waals surface area contributed by atoms with Crippen molar-refractivity contribution in [2.45, 2.75) is 62.0 Å². The first-order valence-electron chi connectivity index (χ1n) is 6.25. The van der Waals surface area contributed by atoms with Gasteiger partial charge in [0.2, 0.25) is 5.16 Å². The second kappa shape index (κ2) is 5.29. The van der Waals surface area contributed by atoms with E-state index < -0.39 is 5.54 Å². The zero-order valence-electron chi connectivity index (χ0n) is 11.0. The molecule has 0 spiro atoms. The lowest BCUT2D eigenvalue weighted by Gasteiger charge is -2.25. The van der Waals surface area contributed by atoms with Gasteiger partial charge in [0.1, 0.15) is 11.4 Å². The minimum atomic E-state index is -0.446. The molecule has 6 heteroatoms. The number of thioether (sulfide) groups is 1. The molecule has 18 heavy (non-hydrogen) atoms. The number of nitrogens with one attached hydrogen (secondary N) is 2. The smallest absolute Gasteiger partial charge is 0.208 e. The summed E-state index contributed by atoms with van der Waals surface area (Å²) in [6, 6.07) is 2.94. The van der Waals surface area contributed by atoms with Crippen LogP contribution >= 0.6 is 11.8 Å². The summed E-state index contributed by atoms with van der Waals surface area (Å²) < 4.78 is 0. The number of aryl methyl sites for hydroxylation is 1. The highest BCUT2D eigenvalue weighted by Crippen LogP contribution is 2.29. The average Bonchev–Trinajstić information content (AvgIpc) is 3.00. The van der Waals surface area contributed by atoms with Gasteiger partial charge in [-0.3, -0.25) is 10.4 Å². The van der Waals surface area contributed by atoms with Gasteiger partial charge in [-0.1, -0.05) is 18.7 Å². The lowest BCUT2D eigenvalue weighted by Crippen LogP contribution is -2.44. The van der Waals surface area contributed by atoms with Crippen LogP contribution in [0.1, 0.15) is 38.9 Å². The maximum absolute atomic E-state index is 9.32. The van der Waals surface area contributed by atoms with Gasteiger partial charge < -0.3 is 0 Å². The first-order chi connectivity index (χ1) is 8.50. The maximum Gasteiger partial charge on any atom is 0.208 e. The van der Waals surface area contributed by atoms with Crippen molar-refractivity contribution in [3.63, 3.8) is 0 Å². The zero-order chi connectivity index (χ0) is 13.2. The maximum atomic E-state index is 9.32. The molecule has 1 aliphatic rings. The fourth-order valence-electron chi connectivity index (χ4n) is 1.99. The Morgan fingerprint density at radius 2 is 2.39 bits per heavy atom. The van der Waals surface area contributed by atoms with E-state index in [0.29, 0.717) is 11.3 Å². The summed E-state index contributed by atoms with van der Waals surface area (Å²) in [6.45, 7) is 5.97. The van der Waals surface area contributed by atoms with Crippen molar-refractivity contribution >= 4 is 11.8 Å². The molecule has 1 aromatic heterocycles. The van der Waals surface area contributed by atoms with Crippen molar-refractivity contribution in [2.24, 2.45) is 0 Å². The molecule has 0 amide bonds. The van der Waals surface area contributed by atoms with E-state index in [2.05, 4.69) is 33.5 Å². The lowest BCUT2D eigenvalue weighted by molar-refractivity contribution is 0.414.